The number of nitrogens with one attached hydrogen (secondary N) is 2. The normalized spacial score (nSPS) is 14.5. The molecular weight excluding hydrogens is 556 g/mol. The van der Waals surface area contributed by atoms with Crippen molar-refractivity contribution in [2.75, 3.05) is 25.0 Å². The SMILES string of the molecule is Cc1ccc(/C=N/NC(=O)c2cc(Br)ccc2NC(=O)c2ccc(CN3CCC(CCO)CC3)cc2)cc1C. The predicted molar refractivity (Wildman–Crippen MR) is 159 cm³/mol. The van der Waals surface area contributed by atoms with Crippen LogP contribution in [0.4, 0.5) is 5.69 Å². The molecule has 1 aliphatic heterocycles. The number of carbonyl (C=O) groups is 2. The first-order valence-corrected chi connectivity index (χ1v) is 14.1. The molecule has 0 aliphatic carbocycles. The highest BCUT2D eigenvalue weighted by Gasteiger charge is 2.19. The molecule has 0 saturated carbocycles. The summed E-state index contributed by atoms with van der Waals surface area (Å²) in [6.45, 7) is 7.22. The number of nitrogens with zero attached hydrogens (tertiary/aromatic N) is 2. The maximum absolute atomic E-state index is 13.0. The van der Waals surface area contributed by atoms with Gasteiger partial charge in [0.25, 0.3) is 11.8 Å². The minimum absolute atomic E-state index is 0.266. The van der Waals surface area contributed by atoms with Crippen LogP contribution in [0.5, 0.6) is 0 Å². The van der Waals surface area contributed by atoms with Crippen LogP contribution in [0.25, 0.3) is 0 Å². The number of carbonyl (C=O) groups excluding carboxylic acids is 2. The highest BCUT2D eigenvalue weighted by Crippen LogP contribution is 2.23. The Labute approximate surface area is 238 Å². The molecule has 0 radical (unpaired) electrons. The molecule has 0 atom stereocenters. The summed E-state index contributed by atoms with van der Waals surface area (Å²) in [6, 6.07) is 18.7. The molecule has 3 aromatic carbocycles. The highest BCUT2D eigenvalue weighted by molar-refractivity contribution is 9.10. The van der Waals surface area contributed by atoms with Gasteiger partial charge in [0.05, 0.1) is 17.5 Å². The molecule has 3 aromatic rings. The molecule has 0 spiro atoms. The first-order valence-electron chi connectivity index (χ1n) is 13.3. The van der Waals surface area contributed by atoms with Crippen molar-refractivity contribution in [3.05, 3.63) is 98.5 Å². The van der Waals surface area contributed by atoms with Crippen molar-refractivity contribution in [1.29, 1.82) is 0 Å². The number of aliphatic hydroxyl groups excluding tert-OH is 1. The summed E-state index contributed by atoms with van der Waals surface area (Å²) in [6.07, 6.45) is 4.71. The second kappa shape index (κ2) is 13.6. The number of hydrogen-bond acceptors (Lipinski definition) is 5. The summed E-state index contributed by atoms with van der Waals surface area (Å²) in [7, 11) is 0. The summed E-state index contributed by atoms with van der Waals surface area (Å²) in [5.41, 5.74) is 8.15. The summed E-state index contributed by atoms with van der Waals surface area (Å²) >= 11 is 3.41. The van der Waals surface area contributed by atoms with E-state index in [4.69, 9.17) is 5.11 Å². The Balaban J connectivity index is 1.36. The van der Waals surface area contributed by atoms with Gasteiger partial charge in [-0.1, -0.05) is 46.3 Å². The van der Waals surface area contributed by atoms with Gasteiger partial charge < -0.3 is 10.4 Å². The lowest BCUT2D eigenvalue weighted by atomic mass is 9.93. The van der Waals surface area contributed by atoms with Crippen molar-refractivity contribution < 1.29 is 14.7 Å². The van der Waals surface area contributed by atoms with Gasteiger partial charge in [0, 0.05) is 23.2 Å². The quantitative estimate of drug-likeness (QED) is 0.221. The van der Waals surface area contributed by atoms with Crippen molar-refractivity contribution in [3.8, 4) is 0 Å². The van der Waals surface area contributed by atoms with Gasteiger partial charge in [-0.3, -0.25) is 14.5 Å². The van der Waals surface area contributed by atoms with Gasteiger partial charge in [0.2, 0.25) is 0 Å². The van der Waals surface area contributed by atoms with Gasteiger partial charge in [0.1, 0.15) is 0 Å². The van der Waals surface area contributed by atoms with E-state index >= 15 is 0 Å². The van der Waals surface area contributed by atoms with E-state index < -0.39 is 5.91 Å². The Morgan fingerprint density at radius 1 is 1.00 bits per heavy atom. The first kappa shape index (κ1) is 28.7. The van der Waals surface area contributed by atoms with Gasteiger partial charge >= 0.3 is 0 Å². The number of rotatable bonds is 9. The van der Waals surface area contributed by atoms with Gasteiger partial charge in [-0.15, -0.1) is 0 Å². The topological polar surface area (TPSA) is 94.0 Å². The minimum Gasteiger partial charge on any atom is -0.396 e. The van der Waals surface area contributed by atoms with Crippen LogP contribution in [0.3, 0.4) is 0 Å². The Morgan fingerprint density at radius 3 is 2.44 bits per heavy atom. The monoisotopic (exact) mass is 590 g/mol. The third kappa shape index (κ3) is 8.08. The van der Waals surface area contributed by atoms with E-state index in [0.717, 1.165) is 55.6 Å². The molecular formula is C31H35BrN4O3. The molecule has 4 rings (SSSR count). The number of benzene rings is 3. The first-order chi connectivity index (χ1) is 18.8. The number of aryl methyl sites for hydroxylation is 2. The molecule has 1 heterocycles. The van der Waals surface area contributed by atoms with Crippen molar-refractivity contribution in [2.24, 2.45) is 11.0 Å². The lowest BCUT2D eigenvalue weighted by Gasteiger charge is -2.31. The molecule has 7 nitrogen and oxygen atoms in total. The van der Waals surface area contributed by atoms with Crippen LogP contribution in [-0.2, 0) is 6.54 Å². The van der Waals surface area contributed by atoms with Crippen LogP contribution in [-0.4, -0.2) is 47.7 Å². The van der Waals surface area contributed by atoms with Gasteiger partial charge in [-0.2, -0.15) is 5.10 Å². The van der Waals surface area contributed by atoms with Gasteiger partial charge in [-0.05, 0) is 105 Å². The number of hydrogen-bond donors (Lipinski definition) is 3. The van der Waals surface area contributed by atoms with E-state index in [-0.39, 0.29) is 12.5 Å². The van der Waals surface area contributed by atoms with E-state index in [2.05, 4.69) is 36.7 Å². The lowest BCUT2D eigenvalue weighted by molar-refractivity contribution is 0.0956. The van der Waals surface area contributed by atoms with Gasteiger partial charge in [-0.25, -0.2) is 5.43 Å². The third-order valence-corrected chi connectivity index (χ3v) is 7.75. The van der Waals surface area contributed by atoms with Crippen molar-refractivity contribution in [2.45, 2.75) is 39.7 Å². The Bertz CT molecular complexity index is 1330. The molecule has 1 fully saturated rings. The molecule has 0 unspecified atom stereocenters. The average molecular weight is 592 g/mol. The fourth-order valence-corrected chi connectivity index (χ4v) is 5.08. The molecule has 1 aliphatic rings. The second-order valence-electron chi connectivity index (χ2n) is 10.1. The maximum atomic E-state index is 13.0. The Morgan fingerprint density at radius 2 is 1.74 bits per heavy atom. The molecule has 0 bridgehead atoms. The van der Waals surface area contributed by atoms with Crippen LogP contribution in [0.2, 0.25) is 0 Å². The number of hydrazone groups is 1. The summed E-state index contributed by atoms with van der Waals surface area (Å²) in [5.74, 6) is -0.0988. The lowest BCUT2D eigenvalue weighted by Crippen LogP contribution is -2.33. The summed E-state index contributed by atoms with van der Waals surface area (Å²) in [4.78, 5) is 28.4. The van der Waals surface area contributed by atoms with Crippen LogP contribution in [0.1, 0.15) is 62.2 Å². The standard InChI is InChI=1S/C31H35BrN4O3/c1-21-3-4-25(17-22(21)2)19-33-35-31(39)28-18-27(32)9-10-29(28)34-30(38)26-7-5-24(6-8-26)20-36-14-11-23(12-15-36)13-16-37/h3-10,17-19,23,37H,11-16,20H2,1-2H3,(H,34,38)(H,35,39)/b33-19+. The highest BCUT2D eigenvalue weighted by atomic mass is 79.9. The largest absolute Gasteiger partial charge is 0.396 e. The fraction of sp³-hybridized carbons (Fsp3) is 0.323. The smallest absolute Gasteiger partial charge is 0.273 e. The van der Waals surface area contributed by atoms with Crippen LogP contribution in [0, 0.1) is 19.8 Å². The van der Waals surface area contributed by atoms with Crippen LogP contribution >= 0.6 is 15.9 Å². The van der Waals surface area contributed by atoms with Crippen molar-refractivity contribution in [1.82, 2.24) is 10.3 Å². The van der Waals surface area contributed by atoms with E-state index in [1.54, 1.807) is 24.4 Å². The molecule has 0 aromatic heterocycles. The van der Waals surface area contributed by atoms with Crippen molar-refractivity contribution >= 4 is 39.6 Å². The third-order valence-electron chi connectivity index (χ3n) is 7.25. The molecule has 8 heteroatoms. The predicted octanol–water partition coefficient (Wildman–Crippen LogP) is 5.68. The van der Waals surface area contributed by atoms with E-state index in [1.807, 2.05) is 56.3 Å². The summed E-state index contributed by atoms with van der Waals surface area (Å²) in [5, 5.41) is 16.1. The van der Waals surface area contributed by atoms with Crippen LogP contribution < -0.4 is 10.7 Å². The molecule has 1 saturated heterocycles. The number of likely N-dealkylation sites (tertiary alicyclic amines) is 1. The summed E-state index contributed by atoms with van der Waals surface area (Å²) < 4.78 is 0.716. The van der Waals surface area contributed by atoms with Crippen molar-refractivity contribution in [3.63, 3.8) is 0 Å². The van der Waals surface area contributed by atoms with E-state index in [0.29, 0.717) is 27.2 Å². The number of piperidine rings is 1. The number of aliphatic hydroxyl groups is 1. The average Bonchev–Trinajstić information content (AvgIpc) is 2.93. The van der Waals surface area contributed by atoms with E-state index in [1.165, 1.54) is 5.56 Å². The van der Waals surface area contributed by atoms with Gasteiger partial charge in [0.15, 0.2) is 0 Å². The minimum atomic E-state index is -0.426. The number of anilines is 1. The molecule has 3 N–H and O–H groups in total. The number of amides is 2. The molecule has 2 amide bonds. The second-order valence-corrected chi connectivity index (χ2v) is 11.0. The fourth-order valence-electron chi connectivity index (χ4n) is 4.71. The number of halogens is 1. The van der Waals surface area contributed by atoms with E-state index in [9.17, 15) is 9.59 Å². The van der Waals surface area contributed by atoms with Crippen LogP contribution in [0.15, 0.2) is 70.2 Å². The Hall–Kier alpha value is -3.33. The Kier molecular flexibility index (Phi) is 10.0. The molecule has 204 valence electrons. The zero-order chi connectivity index (χ0) is 27.8. The maximum Gasteiger partial charge on any atom is 0.273 e. The molecule has 39 heavy (non-hydrogen) atoms. The zero-order valence-electron chi connectivity index (χ0n) is 22.4. The zero-order valence-corrected chi connectivity index (χ0v) is 24.0.